The van der Waals surface area contributed by atoms with E-state index in [2.05, 4.69) is 17.2 Å². The van der Waals surface area contributed by atoms with Crippen molar-refractivity contribution in [3.8, 4) is 5.75 Å². The fourth-order valence-corrected chi connectivity index (χ4v) is 2.35. The van der Waals surface area contributed by atoms with E-state index >= 15 is 0 Å². The monoisotopic (exact) mass is 250 g/mol. The van der Waals surface area contributed by atoms with Gasteiger partial charge in [-0.05, 0) is 37.4 Å². The first-order valence-electron chi connectivity index (χ1n) is 6.69. The second-order valence-electron chi connectivity index (χ2n) is 4.64. The Morgan fingerprint density at radius 2 is 2.44 bits per heavy atom. The number of pyridine rings is 1. The van der Waals surface area contributed by atoms with Gasteiger partial charge >= 0.3 is 0 Å². The van der Waals surface area contributed by atoms with Gasteiger partial charge in [0, 0.05) is 12.8 Å². The lowest BCUT2D eigenvalue weighted by Crippen LogP contribution is -2.32. The maximum atomic E-state index is 5.81. The van der Waals surface area contributed by atoms with Gasteiger partial charge in [0.05, 0.1) is 25.5 Å². The number of ether oxygens (including phenoxy) is 2. The molecule has 4 nitrogen and oxygen atoms in total. The highest BCUT2D eigenvalue weighted by atomic mass is 16.5. The third-order valence-corrected chi connectivity index (χ3v) is 3.28. The third-order valence-electron chi connectivity index (χ3n) is 3.28. The zero-order valence-electron chi connectivity index (χ0n) is 11.2. The van der Waals surface area contributed by atoms with Crippen molar-refractivity contribution in [1.82, 2.24) is 10.3 Å². The smallest absolute Gasteiger partial charge is 0.137 e. The molecule has 4 heteroatoms. The van der Waals surface area contributed by atoms with Crippen molar-refractivity contribution in [2.45, 2.75) is 38.3 Å². The highest BCUT2D eigenvalue weighted by molar-refractivity contribution is 5.26. The van der Waals surface area contributed by atoms with Gasteiger partial charge in [-0.25, -0.2) is 0 Å². The summed E-state index contributed by atoms with van der Waals surface area (Å²) in [5, 5.41) is 3.56. The van der Waals surface area contributed by atoms with E-state index in [1.54, 1.807) is 13.3 Å². The van der Waals surface area contributed by atoms with E-state index in [-0.39, 0.29) is 12.1 Å². The normalized spacial score (nSPS) is 20.9. The number of nitrogens with one attached hydrogen (secondary N) is 1. The first kappa shape index (κ1) is 13.3. The van der Waals surface area contributed by atoms with Crippen LogP contribution >= 0.6 is 0 Å². The number of hydrogen-bond donors (Lipinski definition) is 1. The molecule has 0 aliphatic carbocycles. The van der Waals surface area contributed by atoms with Crippen molar-refractivity contribution in [3.05, 3.63) is 24.0 Å². The van der Waals surface area contributed by atoms with Crippen LogP contribution in [-0.2, 0) is 4.74 Å². The van der Waals surface area contributed by atoms with Gasteiger partial charge in [0.25, 0.3) is 0 Å². The lowest BCUT2D eigenvalue weighted by Gasteiger charge is -2.24. The average Bonchev–Trinajstić information content (AvgIpc) is 2.93. The lowest BCUT2D eigenvalue weighted by molar-refractivity contribution is 0.0781. The second kappa shape index (κ2) is 6.71. The Bertz CT molecular complexity index is 365. The van der Waals surface area contributed by atoms with E-state index in [4.69, 9.17) is 9.47 Å². The van der Waals surface area contributed by atoms with Crippen LogP contribution in [0.2, 0.25) is 0 Å². The summed E-state index contributed by atoms with van der Waals surface area (Å²) in [6.07, 6.45) is 7.25. The molecule has 1 aliphatic rings. The molecule has 1 fully saturated rings. The van der Waals surface area contributed by atoms with Gasteiger partial charge in [-0.3, -0.25) is 4.98 Å². The molecule has 1 saturated heterocycles. The molecule has 0 aromatic carbocycles. The molecule has 1 aliphatic heterocycles. The molecule has 0 radical (unpaired) electrons. The summed E-state index contributed by atoms with van der Waals surface area (Å²) in [4.78, 5) is 4.24. The van der Waals surface area contributed by atoms with Gasteiger partial charge in [-0.1, -0.05) is 6.92 Å². The minimum atomic E-state index is 0.218. The van der Waals surface area contributed by atoms with Crippen molar-refractivity contribution >= 4 is 0 Å². The van der Waals surface area contributed by atoms with E-state index in [1.807, 2.05) is 12.3 Å². The van der Waals surface area contributed by atoms with Crippen LogP contribution in [0.25, 0.3) is 0 Å². The molecule has 2 rings (SSSR count). The Morgan fingerprint density at radius 3 is 3.11 bits per heavy atom. The van der Waals surface area contributed by atoms with Crippen LogP contribution in [0.5, 0.6) is 5.75 Å². The Morgan fingerprint density at radius 1 is 1.56 bits per heavy atom. The second-order valence-corrected chi connectivity index (χ2v) is 4.64. The molecule has 0 saturated carbocycles. The molecule has 0 bridgehead atoms. The first-order chi connectivity index (χ1) is 8.85. The summed E-state index contributed by atoms with van der Waals surface area (Å²) in [5.74, 6) is 0.800. The summed E-state index contributed by atoms with van der Waals surface area (Å²) < 4.78 is 11.0. The molecule has 1 N–H and O–H groups in total. The zero-order chi connectivity index (χ0) is 12.8. The van der Waals surface area contributed by atoms with Crippen molar-refractivity contribution < 1.29 is 9.47 Å². The van der Waals surface area contributed by atoms with Crippen molar-refractivity contribution in [1.29, 1.82) is 0 Å². The first-order valence-corrected chi connectivity index (χ1v) is 6.69. The van der Waals surface area contributed by atoms with Crippen molar-refractivity contribution in [2.75, 3.05) is 20.3 Å². The topological polar surface area (TPSA) is 43.4 Å². The highest BCUT2D eigenvalue weighted by Crippen LogP contribution is 2.28. The Hall–Kier alpha value is -1.13. The molecule has 0 spiro atoms. The predicted molar refractivity (Wildman–Crippen MR) is 70.8 cm³/mol. The largest absolute Gasteiger partial charge is 0.495 e. The Kier molecular flexibility index (Phi) is 4.96. The van der Waals surface area contributed by atoms with E-state index < -0.39 is 0 Å². The lowest BCUT2D eigenvalue weighted by atomic mass is 10.0. The number of rotatable bonds is 6. The maximum absolute atomic E-state index is 5.81. The van der Waals surface area contributed by atoms with Crippen LogP contribution in [0.1, 0.15) is 37.8 Å². The molecule has 2 atom stereocenters. The highest BCUT2D eigenvalue weighted by Gasteiger charge is 2.27. The summed E-state index contributed by atoms with van der Waals surface area (Å²) in [6, 6.07) is 2.26. The van der Waals surface area contributed by atoms with Gasteiger partial charge in [-0.15, -0.1) is 0 Å². The fourth-order valence-electron chi connectivity index (χ4n) is 2.35. The van der Waals surface area contributed by atoms with Gasteiger partial charge < -0.3 is 14.8 Å². The van der Waals surface area contributed by atoms with Crippen molar-refractivity contribution in [3.63, 3.8) is 0 Å². The zero-order valence-corrected chi connectivity index (χ0v) is 11.2. The maximum Gasteiger partial charge on any atom is 0.137 e. The molecule has 0 amide bonds. The minimum Gasteiger partial charge on any atom is -0.495 e. The summed E-state index contributed by atoms with van der Waals surface area (Å²) in [7, 11) is 1.67. The van der Waals surface area contributed by atoms with E-state index in [9.17, 15) is 0 Å². The van der Waals surface area contributed by atoms with E-state index in [0.29, 0.717) is 0 Å². The average molecular weight is 250 g/mol. The number of aromatic nitrogens is 1. The Labute approximate surface area is 109 Å². The van der Waals surface area contributed by atoms with E-state index in [1.165, 1.54) is 0 Å². The summed E-state index contributed by atoms with van der Waals surface area (Å²) >= 11 is 0. The predicted octanol–water partition coefficient (Wildman–Crippen LogP) is 2.31. The molecule has 2 unspecified atom stereocenters. The van der Waals surface area contributed by atoms with Gasteiger partial charge in [-0.2, -0.15) is 0 Å². The SMILES string of the molecule is CCCNC(c1cncc(OC)c1)C1CCCO1. The number of hydrogen-bond acceptors (Lipinski definition) is 4. The van der Waals surface area contributed by atoms with E-state index in [0.717, 1.165) is 43.7 Å². The summed E-state index contributed by atoms with van der Waals surface area (Å²) in [6.45, 7) is 4.03. The van der Waals surface area contributed by atoms with Crippen LogP contribution in [0.15, 0.2) is 18.5 Å². The minimum absolute atomic E-state index is 0.218. The van der Waals surface area contributed by atoms with Crippen LogP contribution in [-0.4, -0.2) is 31.3 Å². The molecule has 100 valence electrons. The van der Waals surface area contributed by atoms with Crippen LogP contribution in [0.3, 0.4) is 0 Å². The third kappa shape index (κ3) is 3.21. The van der Waals surface area contributed by atoms with Crippen LogP contribution in [0, 0.1) is 0 Å². The van der Waals surface area contributed by atoms with Gasteiger partial charge in [0.2, 0.25) is 0 Å². The summed E-state index contributed by atoms with van der Waals surface area (Å²) in [5.41, 5.74) is 1.15. The standard InChI is InChI=1S/C14H22N2O2/c1-3-6-16-14(13-5-4-7-18-13)11-8-12(17-2)10-15-9-11/h8-10,13-14,16H,3-7H2,1-2H3. The Balaban J connectivity index is 2.14. The van der Waals surface area contributed by atoms with Crippen molar-refractivity contribution in [2.24, 2.45) is 0 Å². The van der Waals surface area contributed by atoms with Gasteiger partial charge in [0.1, 0.15) is 5.75 Å². The molecule has 1 aromatic rings. The fraction of sp³-hybridized carbons (Fsp3) is 0.643. The van der Waals surface area contributed by atoms with Crippen LogP contribution < -0.4 is 10.1 Å². The molecule has 18 heavy (non-hydrogen) atoms. The van der Waals surface area contributed by atoms with Gasteiger partial charge in [0.15, 0.2) is 0 Å². The molecule has 2 heterocycles. The quantitative estimate of drug-likeness (QED) is 0.841. The van der Waals surface area contributed by atoms with Crippen LogP contribution in [0.4, 0.5) is 0 Å². The molecular weight excluding hydrogens is 228 g/mol. The molecule has 1 aromatic heterocycles. The number of methoxy groups -OCH3 is 1. The number of nitrogens with zero attached hydrogens (tertiary/aromatic N) is 1. The molecular formula is C14H22N2O2.